The fourth-order valence-electron chi connectivity index (χ4n) is 1.99. The molecule has 0 unspecified atom stereocenters. The van der Waals surface area contributed by atoms with Crippen LogP contribution in [0.1, 0.15) is 15.9 Å². The summed E-state index contributed by atoms with van der Waals surface area (Å²) in [5.41, 5.74) is 7.69. The highest BCUT2D eigenvalue weighted by Crippen LogP contribution is 2.31. The van der Waals surface area contributed by atoms with Crippen molar-refractivity contribution in [3.8, 4) is 11.1 Å². The van der Waals surface area contributed by atoms with Crippen LogP contribution in [0.5, 0.6) is 0 Å². The third kappa shape index (κ3) is 2.41. The summed E-state index contributed by atoms with van der Waals surface area (Å²) >= 11 is 0. The van der Waals surface area contributed by atoms with Crippen molar-refractivity contribution < 1.29 is 14.0 Å². The molecule has 0 fully saturated rings. The van der Waals surface area contributed by atoms with Gasteiger partial charge in [-0.15, -0.1) is 0 Å². The van der Waals surface area contributed by atoms with Crippen LogP contribution in [0.3, 0.4) is 0 Å². The maximum Gasteiger partial charge on any atom is 0.357 e. The molecule has 0 spiro atoms. The van der Waals surface area contributed by atoms with Gasteiger partial charge in [-0.3, -0.25) is 0 Å². The van der Waals surface area contributed by atoms with Gasteiger partial charge in [0.15, 0.2) is 0 Å². The lowest BCUT2D eigenvalue weighted by molar-refractivity contribution is 0.0504. The number of hydrogen-bond donors (Lipinski definition) is 2. The predicted molar refractivity (Wildman–Crippen MR) is 70.6 cm³/mol. The van der Waals surface area contributed by atoms with Gasteiger partial charge in [-0.25, -0.2) is 9.18 Å². The molecule has 4 nitrogen and oxygen atoms in total. The molecule has 0 heterocycles. The second-order valence-corrected chi connectivity index (χ2v) is 4.14. The SMILES string of the molecule is Cc1cccc(C(=O)ON)c1-c1cc(N)ccc1F. The maximum atomic E-state index is 13.9. The fourth-order valence-corrected chi connectivity index (χ4v) is 1.99. The number of carbonyl (C=O) groups excluding carboxylic acids is 1. The molecule has 2 aromatic rings. The van der Waals surface area contributed by atoms with Crippen LogP contribution >= 0.6 is 0 Å². The number of benzene rings is 2. The fraction of sp³-hybridized carbons (Fsp3) is 0.0714. The first-order valence-corrected chi connectivity index (χ1v) is 5.60. The number of halogens is 1. The van der Waals surface area contributed by atoms with Crippen molar-refractivity contribution in [1.29, 1.82) is 0 Å². The average molecular weight is 260 g/mol. The van der Waals surface area contributed by atoms with Crippen LogP contribution in [0.2, 0.25) is 0 Å². The molecule has 2 aromatic carbocycles. The molecule has 0 atom stereocenters. The summed E-state index contributed by atoms with van der Waals surface area (Å²) in [7, 11) is 0. The van der Waals surface area contributed by atoms with Crippen molar-refractivity contribution in [1.82, 2.24) is 0 Å². The highest BCUT2D eigenvalue weighted by atomic mass is 19.1. The minimum absolute atomic E-state index is 0.201. The van der Waals surface area contributed by atoms with E-state index < -0.39 is 11.8 Å². The minimum Gasteiger partial charge on any atom is -0.399 e. The highest BCUT2D eigenvalue weighted by molar-refractivity contribution is 5.98. The molecule has 0 aliphatic rings. The second-order valence-electron chi connectivity index (χ2n) is 4.14. The number of carbonyl (C=O) groups is 1. The van der Waals surface area contributed by atoms with Gasteiger partial charge in [-0.05, 0) is 36.8 Å². The van der Waals surface area contributed by atoms with E-state index in [4.69, 9.17) is 11.6 Å². The van der Waals surface area contributed by atoms with Crippen molar-refractivity contribution >= 4 is 11.7 Å². The van der Waals surface area contributed by atoms with Crippen molar-refractivity contribution in [3.05, 3.63) is 53.3 Å². The van der Waals surface area contributed by atoms with Gasteiger partial charge in [0.1, 0.15) is 5.82 Å². The van der Waals surface area contributed by atoms with E-state index in [0.29, 0.717) is 11.3 Å². The van der Waals surface area contributed by atoms with Crippen molar-refractivity contribution in [2.45, 2.75) is 6.92 Å². The molecule has 19 heavy (non-hydrogen) atoms. The number of nitrogen functional groups attached to an aromatic ring is 1. The molecule has 0 amide bonds. The van der Waals surface area contributed by atoms with Gasteiger partial charge in [-0.2, -0.15) is 5.90 Å². The number of aryl methyl sites for hydroxylation is 1. The Morgan fingerprint density at radius 2 is 2.00 bits per heavy atom. The Kier molecular flexibility index (Phi) is 3.48. The Hall–Kier alpha value is -2.40. The smallest absolute Gasteiger partial charge is 0.357 e. The van der Waals surface area contributed by atoms with Crippen LogP contribution in [-0.2, 0) is 4.84 Å². The lowest BCUT2D eigenvalue weighted by atomic mass is 9.94. The molecule has 5 heteroatoms. The molecule has 0 bridgehead atoms. The Labute approximate surface area is 109 Å². The first-order chi connectivity index (χ1) is 9.04. The van der Waals surface area contributed by atoms with Crippen LogP contribution in [0.4, 0.5) is 10.1 Å². The lowest BCUT2D eigenvalue weighted by Crippen LogP contribution is -2.12. The van der Waals surface area contributed by atoms with Crippen LogP contribution in [0.15, 0.2) is 36.4 Å². The van der Waals surface area contributed by atoms with E-state index in [0.717, 1.165) is 5.56 Å². The second kappa shape index (κ2) is 5.07. The predicted octanol–water partition coefficient (Wildman–Crippen LogP) is 2.41. The van der Waals surface area contributed by atoms with Gasteiger partial charge in [0.2, 0.25) is 0 Å². The van der Waals surface area contributed by atoms with Gasteiger partial charge in [0.05, 0.1) is 5.56 Å². The molecule has 0 saturated carbocycles. The number of rotatable bonds is 2. The molecule has 0 saturated heterocycles. The molecule has 0 aromatic heterocycles. The van der Waals surface area contributed by atoms with Crippen LogP contribution in [0.25, 0.3) is 11.1 Å². The van der Waals surface area contributed by atoms with Gasteiger partial charge in [0.25, 0.3) is 0 Å². The quantitative estimate of drug-likeness (QED) is 0.642. The maximum absolute atomic E-state index is 13.9. The first kappa shape index (κ1) is 13.0. The normalized spacial score (nSPS) is 10.3. The molecular weight excluding hydrogens is 247 g/mol. The van der Waals surface area contributed by atoms with E-state index in [9.17, 15) is 9.18 Å². The number of anilines is 1. The summed E-state index contributed by atoms with van der Waals surface area (Å²) in [5.74, 6) is 3.72. The number of hydrogen-bond acceptors (Lipinski definition) is 4. The van der Waals surface area contributed by atoms with Gasteiger partial charge in [0, 0.05) is 16.8 Å². The average Bonchev–Trinajstić information content (AvgIpc) is 2.40. The van der Waals surface area contributed by atoms with Gasteiger partial charge < -0.3 is 10.6 Å². The Morgan fingerprint density at radius 3 is 2.68 bits per heavy atom. The Balaban J connectivity index is 2.74. The zero-order chi connectivity index (χ0) is 14.0. The van der Waals surface area contributed by atoms with E-state index in [2.05, 4.69) is 4.84 Å². The third-order valence-corrected chi connectivity index (χ3v) is 2.86. The summed E-state index contributed by atoms with van der Waals surface area (Å²) in [4.78, 5) is 15.9. The van der Waals surface area contributed by atoms with Crippen molar-refractivity contribution in [2.24, 2.45) is 5.90 Å². The van der Waals surface area contributed by atoms with Crippen LogP contribution in [-0.4, -0.2) is 5.97 Å². The highest BCUT2D eigenvalue weighted by Gasteiger charge is 2.18. The summed E-state index contributed by atoms with van der Waals surface area (Å²) in [6.07, 6.45) is 0. The molecule has 0 aliphatic heterocycles. The summed E-state index contributed by atoms with van der Waals surface area (Å²) in [6.45, 7) is 1.77. The van der Waals surface area contributed by atoms with E-state index in [1.165, 1.54) is 24.3 Å². The molecule has 4 N–H and O–H groups in total. The van der Waals surface area contributed by atoms with Crippen LogP contribution < -0.4 is 11.6 Å². The van der Waals surface area contributed by atoms with Crippen molar-refractivity contribution in [2.75, 3.05) is 5.73 Å². The summed E-state index contributed by atoms with van der Waals surface area (Å²) in [6, 6.07) is 9.17. The zero-order valence-corrected chi connectivity index (χ0v) is 10.3. The van der Waals surface area contributed by atoms with Gasteiger partial charge >= 0.3 is 5.97 Å². The molecule has 2 rings (SSSR count). The first-order valence-electron chi connectivity index (χ1n) is 5.60. The van der Waals surface area contributed by atoms with E-state index in [-0.39, 0.29) is 11.1 Å². The van der Waals surface area contributed by atoms with Gasteiger partial charge in [-0.1, -0.05) is 12.1 Å². The van der Waals surface area contributed by atoms with E-state index >= 15 is 0 Å². The van der Waals surface area contributed by atoms with E-state index in [1.807, 2.05) is 0 Å². The topological polar surface area (TPSA) is 78.3 Å². The zero-order valence-electron chi connectivity index (χ0n) is 10.3. The summed E-state index contributed by atoms with van der Waals surface area (Å²) in [5, 5.41) is 0. The molecule has 0 aliphatic carbocycles. The largest absolute Gasteiger partial charge is 0.399 e. The lowest BCUT2D eigenvalue weighted by Gasteiger charge is -2.12. The molecule has 0 radical (unpaired) electrons. The third-order valence-electron chi connectivity index (χ3n) is 2.86. The molecular formula is C14H13FN2O2. The van der Waals surface area contributed by atoms with E-state index in [1.54, 1.807) is 19.1 Å². The Morgan fingerprint density at radius 1 is 1.26 bits per heavy atom. The summed E-state index contributed by atoms with van der Waals surface area (Å²) < 4.78 is 13.9. The standard InChI is InChI=1S/C14H13FN2O2/c1-8-3-2-4-10(14(18)19-17)13(8)11-7-9(16)5-6-12(11)15/h2-7H,16-17H2,1H3. The monoisotopic (exact) mass is 260 g/mol. The van der Waals surface area contributed by atoms with Crippen LogP contribution in [0, 0.1) is 12.7 Å². The Bertz CT molecular complexity index is 641. The molecule has 98 valence electrons. The number of nitrogens with two attached hydrogens (primary N) is 2. The van der Waals surface area contributed by atoms with Crippen molar-refractivity contribution in [3.63, 3.8) is 0 Å². The minimum atomic E-state index is -0.722.